The SMILES string of the molecule is Cc1cccc(CN2CCCC2CCCO)c1O. The van der Waals surface area contributed by atoms with E-state index in [0.29, 0.717) is 11.8 Å². The molecule has 0 aromatic heterocycles. The number of phenols is 1. The molecule has 3 nitrogen and oxygen atoms in total. The standard InChI is InChI=1S/C15H23NO2/c1-12-5-2-6-13(15(12)18)11-16-9-3-7-14(16)8-4-10-17/h2,5-6,14,17-18H,3-4,7-11H2,1H3. The van der Waals surface area contributed by atoms with Crippen molar-refractivity contribution < 1.29 is 10.2 Å². The van der Waals surface area contributed by atoms with Crippen molar-refractivity contribution >= 4 is 0 Å². The van der Waals surface area contributed by atoms with Crippen LogP contribution >= 0.6 is 0 Å². The molecule has 0 amide bonds. The lowest BCUT2D eigenvalue weighted by atomic mass is 10.1. The lowest BCUT2D eigenvalue weighted by Crippen LogP contribution is -2.29. The molecule has 0 aliphatic carbocycles. The summed E-state index contributed by atoms with van der Waals surface area (Å²) in [4.78, 5) is 2.43. The first-order chi connectivity index (χ1) is 8.72. The number of rotatable bonds is 5. The summed E-state index contributed by atoms with van der Waals surface area (Å²) in [6, 6.07) is 6.51. The molecule has 1 aromatic carbocycles. The summed E-state index contributed by atoms with van der Waals surface area (Å²) in [5.41, 5.74) is 1.96. The summed E-state index contributed by atoms with van der Waals surface area (Å²) in [5, 5.41) is 19.0. The third kappa shape index (κ3) is 3.03. The number of aromatic hydroxyl groups is 1. The second-order valence-corrected chi connectivity index (χ2v) is 5.22. The molecule has 100 valence electrons. The smallest absolute Gasteiger partial charge is 0.122 e. The zero-order valence-electron chi connectivity index (χ0n) is 11.1. The number of aliphatic hydroxyl groups excluding tert-OH is 1. The fourth-order valence-corrected chi connectivity index (χ4v) is 2.82. The van der Waals surface area contributed by atoms with Gasteiger partial charge in [0, 0.05) is 24.8 Å². The number of aliphatic hydroxyl groups is 1. The number of para-hydroxylation sites is 1. The van der Waals surface area contributed by atoms with Crippen molar-refractivity contribution in [1.82, 2.24) is 4.90 Å². The number of aryl methyl sites for hydroxylation is 1. The van der Waals surface area contributed by atoms with Gasteiger partial charge in [0.15, 0.2) is 0 Å². The second-order valence-electron chi connectivity index (χ2n) is 5.22. The van der Waals surface area contributed by atoms with Gasteiger partial charge in [-0.05, 0) is 44.7 Å². The highest BCUT2D eigenvalue weighted by atomic mass is 16.3. The number of hydrogen-bond acceptors (Lipinski definition) is 3. The van der Waals surface area contributed by atoms with Crippen LogP contribution in [0.25, 0.3) is 0 Å². The lowest BCUT2D eigenvalue weighted by molar-refractivity contribution is 0.208. The van der Waals surface area contributed by atoms with Crippen molar-refractivity contribution in [3.05, 3.63) is 29.3 Å². The Hall–Kier alpha value is -1.06. The van der Waals surface area contributed by atoms with Crippen LogP contribution in [-0.2, 0) is 6.54 Å². The van der Waals surface area contributed by atoms with E-state index in [1.54, 1.807) is 0 Å². The van der Waals surface area contributed by atoms with Crippen molar-refractivity contribution in [3.63, 3.8) is 0 Å². The molecule has 3 heteroatoms. The Morgan fingerprint density at radius 1 is 1.39 bits per heavy atom. The predicted molar refractivity (Wildman–Crippen MR) is 72.6 cm³/mol. The van der Waals surface area contributed by atoms with E-state index in [1.807, 2.05) is 25.1 Å². The molecule has 2 N–H and O–H groups in total. The minimum Gasteiger partial charge on any atom is -0.507 e. The van der Waals surface area contributed by atoms with Gasteiger partial charge in [-0.15, -0.1) is 0 Å². The first-order valence-corrected chi connectivity index (χ1v) is 6.84. The van der Waals surface area contributed by atoms with Crippen LogP contribution < -0.4 is 0 Å². The van der Waals surface area contributed by atoms with Gasteiger partial charge in [0.1, 0.15) is 5.75 Å². The van der Waals surface area contributed by atoms with Gasteiger partial charge in [0.2, 0.25) is 0 Å². The molecule has 1 saturated heterocycles. The minimum absolute atomic E-state index is 0.278. The Kier molecular flexibility index (Phi) is 4.61. The highest BCUT2D eigenvalue weighted by Gasteiger charge is 2.24. The molecule has 0 saturated carbocycles. The number of nitrogens with zero attached hydrogens (tertiary/aromatic N) is 1. The monoisotopic (exact) mass is 249 g/mol. The third-order valence-corrected chi connectivity index (χ3v) is 3.89. The van der Waals surface area contributed by atoms with Gasteiger partial charge in [-0.1, -0.05) is 18.2 Å². The maximum Gasteiger partial charge on any atom is 0.122 e. The van der Waals surface area contributed by atoms with E-state index >= 15 is 0 Å². The summed E-state index contributed by atoms with van der Waals surface area (Å²) < 4.78 is 0. The molecule has 0 bridgehead atoms. The van der Waals surface area contributed by atoms with Crippen LogP contribution in [-0.4, -0.2) is 34.3 Å². The van der Waals surface area contributed by atoms with Crippen molar-refractivity contribution in [2.75, 3.05) is 13.2 Å². The Balaban J connectivity index is 2.01. The van der Waals surface area contributed by atoms with Crippen molar-refractivity contribution in [2.45, 2.75) is 45.2 Å². The molecule has 1 fully saturated rings. The summed E-state index contributed by atoms with van der Waals surface area (Å²) in [5.74, 6) is 0.435. The molecule has 0 radical (unpaired) electrons. The maximum atomic E-state index is 10.1. The summed E-state index contributed by atoms with van der Waals surface area (Å²) in [6.07, 6.45) is 4.37. The van der Waals surface area contributed by atoms with Crippen molar-refractivity contribution in [3.8, 4) is 5.75 Å². The summed E-state index contributed by atoms with van der Waals surface area (Å²) in [7, 11) is 0. The van der Waals surface area contributed by atoms with Crippen LogP contribution in [0.15, 0.2) is 18.2 Å². The molecule has 1 aliphatic rings. The number of likely N-dealkylation sites (tertiary alicyclic amines) is 1. The predicted octanol–water partition coefficient (Wildman–Crippen LogP) is 2.44. The number of phenolic OH excluding ortho intramolecular Hbond substituents is 1. The van der Waals surface area contributed by atoms with Gasteiger partial charge in [-0.2, -0.15) is 0 Å². The quantitative estimate of drug-likeness (QED) is 0.842. The highest BCUT2D eigenvalue weighted by molar-refractivity contribution is 5.39. The van der Waals surface area contributed by atoms with Gasteiger partial charge in [0.05, 0.1) is 0 Å². The number of hydrogen-bond donors (Lipinski definition) is 2. The topological polar surface area (TPSA) is 43.7 Å². The van der Waals surface area contributed by atoms with Crippen LogP contribution in [0.1, 0.15) is 36.8 Å². The highest BCUT2D eigenvalue weighted by Crippen LogP contribution is 2.28. The van der Waals surface area contributed by atoms with Crippen molar-refractivity contribution in [1.29, 1.82) is 0 Å². The van der Waals surface area contributed by atoms with Crippen molar-refractivity contribution in [2.24, 2.45) is 0 Å². The van der Waals surface area contributed by atoms with E-state index in [4.69, 9.17) is 5.11 Å². The molecule has 1 heterocycles. The second kappa shape index (κ2) is 6.21. The average Bonchev–Trinajstić information content (AvgIpc) is 2.80. The van der Waals surface area contributed by atoms with E-state index in [-0.39, 0.29) is 6.61 Å². The van der Waals surface area contributed by atoms with E-state index in [9.17, 15) is 5.11 Å². The normalized spacial score (nSPS) is 20.4. The molecule has 1 aliphatic heterocycles. The molecule has 0 spiro atoms. The molecule has 1 unspecified atom stereocenters. The van der Waals surface area contributed by atoms with E-state index in [2.05, 4.69) is 4.90 Å². The third-order valence-electron chi connectivity index (χ3n) is 3.89. The molecule has 1 atom stereocenters. The summed E-state index contributed by atoms with van der Waals surface area (Å²) >= 11 is 0. The first kappa shape index (κ1) is 13.4. The van der Waals surface area contributed by atoms with Crippen LogP contribution in [0.4, 0.5) is 0 Å². The molecule has 1 aromatic rings. The number of benzene rings is 1. The molecular formula is C15H23NO2. The minimum atomic E-state index is 0.278. The zero-order valence-corrected chi connectivity index (χ0v) is 11.1. The fraction of sp³-hybridized carbons (Fsp3) is 0.600. The molecule has 2 rings (SSSR count). The maximum absolute atomic E-state index is 10.1. The fourth-order valence-electron chi connectivity index (χ4n) is 2.82. The van der Waals surface area contributed by atoms with Gasteiger partial charge in [-0.3, -0.25) is 4.90 Å². The van der Waals surface area contributed by atoms with Crippen LogP contribution in [0.5, 0.6) is 5.75 Å². The molecule has 18 heavy (non-hydrogen) atoms. The Bertz CT molecular complexity index is 392. The zero-order chi connectivity index (χ0) is 13.0. The Labute approximate surface area is 109 Å². The first-order valence-electron chi connectivity index (χ1n) is 6.84. The van der Waals surface area contributed by atoms with E-state index in [1.165, 1.54) is 12.8 Å². The lowest BCUT2D eigenvalue weighted by Gasteiger charge is -2.25. The Morgan fingerprint density at radius 3 is 3.00 bits per heavy atom. The van der Waals surface area contributed by atoms with E-state index < -0.39 is 0 Å². The molecular weight excluding hydrogens is 226 g/mol. The summed E-state index contributed by atoms with van der Waals surface area (Å²) in [6.45, 7) is 4.14. The Morgan fingerprint density at radius 2 is 2.22 bits per heavy atom. The van der Waals surface area contributed by atoms with Gasteiger partial charge < -0.3 is 10.2 Å². The van der Waals surface area contributed by atoms with Gasteiger partial charge in [0.25, 0.3) is 0 Å². The largest absolute Gasteiger partial charge is 0.507 e. The van der Waals surface area contributed by atoms with Gasteiger partial charge in [-0.25, -0.2) is 0 Å². The van der Waals surface area contributed by atoms with Crippen LogP contribution in [0, 0.1) is 6.92 Å². The average molecular weight is 249 g/mol. The van der Waals surface area contributed by atoms with Crippen LogP contribution in [0.3, 0.4) is 0 Å². The van der Waals surface area contributed by atoms with Crippen LogP contribution in [0.2, 0.25) is 0 Å². The van der Waals surface area contributed by atoms with Gasteiger partial charge >= 0.3 is 0 Å². The van der Waals surface area contributed by atoms with E-state index in [0.717, 1.165) is 37.1 Å².